The number of carbonyl (C=O) groups excluding carboxylic acids is 1. The first-order chi connectivity index (χ1) is 17.6. The van der Waals surface area contributed by atoms with Crippen molar-refractivity contribution in [1.29, 1.82) is 5.26 Å². The molecule has 6 nitrogen and oxygen atoms in total. The van der Waals surface area contributed by atoms with Crippen molar-refractivity contribution in [3.63, 3.8) is 0 Å². The van der Waals surface area contributed by atoms with Crippen LogP contribution in [0.4, 0.5) is 11.4 Å². The van der Waals surface area contributed by atoms with Crippen LogP contribution in [0, 0.1) is 18.3 Å². The Morgan fingerprint density at radius 3 is 2.56 bits per heavy atom. The van der Waals surface area contributed by atoms with E-state index in [1.54, 1.807) is 24.3 Å². The molecule has 0 aliphatic carbocycles. The Morgan fingerprint density at radius 2 is 1.78 bits per heavy atom. The number of aryl methyl sites for hydroxylation is 1. The number of fused-ring (bicyclic) bond motifs is 1. The second-order valence-corrected chi connectivity index (χ2v) is 9.18. The van der Waals surface area contributed by atoms with Crippen molar-refractivity contribution in [3.8, 4) is 6.07 Å². The highest BCUT2D eigenvalue weighted by Gasteiger charge is 2.19. The zero-order chi connectivity index (χ0) is 24.9. The third-order valence-corrected chi connectivity index (χ3v) is 6.78. The molecule has 180 valence electrons. The second-order valence-electron chi connectivity index (χ2n) is 9.18. The summed E-state index contributed by atoms with van der Waals surface area (Å²) in [7, 11) is 0. The van der Waals surface area contributed by atoms with E-state index in [0.29, 0.717) is 16.8 Å². The van der Waals surface area contributed by atoms with E-state index in [-0.39, 0.29) is 5.91 Å². The van der Waals surface area contributed by atoms with Crippen molar-refractivity contribution >= 4 is 28.2 Å². The number of carbonyl (C=O) groups is 1. The summed E-state index contributed by atoms with van der Waals surface area (Å²) >= 11 is 0. The summed E-state index contributed by atoms with van der Waals surface area (Å²) in [6.07, 6.45) is 0.759. The predicted molar refractivity (Wildman–Crippen MR) is 144 cm³/mol. The summed E-state index contributed by atoms with van der Waals surface area (Å²) in [5, 5.41) is 13.8. The highest BCUT2D eigenvalue weighted by atomic mass is 16.1. The van der Waals surface area contributed by atoms with Gasteiger partial charge in [-0.05, 0) is 73.5 Å². The molecule has 0 bridgehead atoms. The number of hydrogen-bond donors (Lipinski definition) is 1. The number of anilines is 2. The van der Waals surface area contributed by atoms with Crippen molar-refractivity contribution in [2.24, 2.45) is 0 Å². The number of nitriles is 1. The van der Waals surface area contributed by atoms with Crippen molar-refractivity contribution in [2.45, 2.75) is 13.3 Å². The van der Waals surface area contributed by atoms with Gasteiger partial charge in [-0.25, -0.2) is 0 Å². The molecule has 0 unspecified atom stereocenters. The maximum absolute atomic E-state index is 12.5. The van der Waals surface area contributed by atoms with Crippen LogP contribution in [-0.2, 0) is 6.42 Å². The Labute approximate surface area is 211 Å². The number of benzene rings is 3. The lowest BCUT2D eigenvalue weighted by molar-refractivity contribution is 0.102. The molecule has 3 aromatic carbocycles. The van der Waals surface area contributed by atoms with E-state index in [1.807, 2.05) is 31.2 Å². The molecule has 1 fully saturated rings. The van der Waals surface area contributed by atoms with Crippen molar-refractivity contribution in [2.75, 3.05) is 42.9 Å². The third kappa shape index (κ3) is 5.22. The van der Waals surface area contributed by atoms with Gasteiger partial charge in [0.05, 0.1) is 17.1 Å². The molecule has 2 heterocycles. The standard InChI is InChI=1S/C30H29N5O/c1-22-10-13-27-28(32-22)8-5-9-29(27)35-18-16-34(17-19-35)15-14-24-20-26(12-11-25(24)21-31)33-30(36)23-6-3-2-4-7-23/h2-13,20H,14-19H2,1H3,(H,33,36). The molecule has 1 amide bonds. The number of nitrogens with zero attached hydrogens (tertiary/aromatic N) is 4. The summed E-state index contributed by atoms with van der Waals surface area (Å²) < 4.78 is 0. The van der Waals surface area contributed by atoms with E-state index >= 15 is 0 Å². The van der Waals surface area contributed by atoms with Crippen LogP contribution in [0.2, 0.25) is 0 Å². The molecule has 1 aliphatic rings. The Balaban J connectivity index is 1.21. The van der Waals surface area contributed by atoms with E-state index in [0.717, 1.165) is 55.9 Å². The minimum atomic E-state index is -0.152. The zero-order valence-corrected chi connectivity index (χ0v) is 20.4. The van der Waals surface area contributed by atoms with Gasteiger partial charge in [0.2, 0.25) is 0 Å². The van der Waals surface area contributed by atoms with Gasteiger partial charge in [-0.1, -0.05) is 24.3 Å². The molecular formula is C30H29N5O. The topological polar surface area (TPSA) is 72.3 Å². The fourth-order valence-corrected chi connectivity index (χ4v) is 4.79. The molecule has 0 radical (unpaired) electrons. The molecule has 36 heavy (non-hydrogen) atoms. The largest absolute Gasteiger partial charge is 0.368 e. The fourth-order valence-electron chi connectivity index (χ4n) is 4.79. The molecule has 1 aliphatic heterocycles. The molecule has 1 saturated heterocycles. The van der Waals surface area contributed by atoms with Crippen molar-refractivity contribution < 1.29 is 4.79 Å². The highest BCUT2D eigenvalue weighted by Crippen LogP contribution is 2.27. The van der Waals surface area contributed by atoms with E-state index in [2.05, 4.69) is 56.5 Å². The van der Waals surface area contributed by atoms with E-state index in [4.69, 9.17) is 0 Å². The average molecular weight is 476 g/mol. The molecular weight excluding hydrogens is 446 g/mol. The molecule has 1 N–H and O–H groups in total. The Hall–Kier alpha value is -4.21. The van der Waals surface area contributed by atoms with Crippen molar-refractivity contribution in [1.82, 2.24) is 9.88 Å². The number of rotatable bonds is 6. The minimum absolute atomic E-state index is 0.152. The average Bonchev–Trinajstić information content (AvgIpc) is 2.92. The maximum Gasteiger partial charge on any atom is 0.255 e. The van der Waals surface area contributed by atoms with Crippen LogP contribution in [0.25, 0.3) is 10.9 Å². The minimum Gasteiger partial charge on any atom is -0.368 e. The Kier molecular flexibility index (Phi) is 6.92. The smallest absolute Gasteiger partial charge is 0.255 e. The molecule has 0 atom stereocenters. The summed E-state index contributed by atoms with van der Waals surface area (Å²) in [5.74, 6) is -0.152. The van der Waals surface area contributed by atoms with Crippen LogP contribution in [0.15, 0.2) is 78.9 Å². The number of piperazine rings is 1. The Morgan fingerprint density at radius 1 is 0.972 bits per heavy atom. The van der Waals surface area contributed by atoms with Gasteiger partial charge in [-0.3, -0.25) is 14.7 Å². The van der Waals surface area contributed by atoms with Crippen LogP contribution >= 0.6 is 0 Å². The number of amides is 1. The molecule has 1 aromatic heterocycles. The normalized spacial score (nSPS) is 13.9. The number of nitrogens with one attached hydrogen (secondary N) is 1. The monoisotopic (exact) mass is 475 g/mol. The van der Waals surface area contributed by atoms with Gasteiger partial charge in [0.1, 0.15) is 0 Å². The van der Waals surface area contributed by atoms with Gasteiger partial charge in [0, 0.05) is 60.7 Å². The Bertz CT molecular complexity index is 1420. The van der Waals surface area contributed by atoms with Gasteiger partial charge in [-0.15, -0.1) is 0 Å². The fraction of sp³-hybridized carbons (Fsp3) is 0.233. The molecule has 4 aromatic rings. The van der Waals surface area contributed by atoms with E-state index in [9.17, 15) is 10.1 Å². The first-order valence-electron chi connectivity index (χ1n) is 12.3. The number of aromatic nitrogens is 1. The first kappa shape index (κ1) is 23.5. The van der Waals surface area contributed by atoms with Gasteiger partial charge >= 0.3 is 0 Å². The summed E-state index contributed by atoms with van der Waals surface area (Å²) in [4.78, 5) is 22.1. The van der Waals surface area contributed by atoms with Gasteiger partial charge in [0.15, 0.2) is 0 Å². The lowest BCUT2D eigenvalue weighted by Crippen LogP contribution is -2.47. The van der Waals surface area contributed by atoms with E-state index < -0.39 is 0 Å². The van der Waals surface area contributed by atoms with Gasteiger partial charge in [-0.2, -0.15) is 5.26 Å². The van der Waals surface area contributed by atoms with Crippen molar-refractivity contribution in [3.05, 3.63) is 101 Å². The molecule has 0 spiro atoms. The molecule has 5 rings (SSSR count). The number of hydrogen-bond acceptors (Lipinski definition) is 5. The maximum atomic E-state index is 12.5. The summed E-state index contributed by atoms with van der Waals surface area (Å²) in [6.45, 7) is 6.71. The lowest BCUT2D eigenvalue weighted by Gasteiger charge is -2.36. The highest BCUT2D eigenvalue weighted by molar-refractivity contribution is 6.04. The van der Waals surface area contributed by atoms with Crippen LogP contribution in [0.1, 0.15) is 27.2 Å². The summed E-state index contributed by atoms with van der Waals surface area (Å²) in [6, 6.07) is 27.6. The SMILES string of the molecule is Cc1ccc2c(N3CCN(CCc4cc(NC(=O)c5ccccc5)ccc4C#N)CC3)cccc2n1. The van der Waals surface area contributed by atoms with Gasteiger partial charge in [0.25, 0.3) is 5.91 Å². The summed E-state index contributed by atoms with van der Waals surface area (Å²) in [5.41, 5.74) is 6.25. The van der Waals surface area contributed by atoms with Crippen LogP contribution in [0.5, 0.6) is 0 Å². The third-order valence-electron chi connectivity index (χ3n) is 6.78. The predicted octanol–water partition coefficient (Wildman–Crippen LogP) is 5.03. The van der Waals surface area contributed by atoms with Crippen LogP contribution < -0.4 is 10.2 Å². The number of pyridine rings is 1. The first-order valence-corrected chi connectivity index (χ1v) is 12.3. The lowest BCUT2D eigenvalue weighted by atomic mass is 10.0. The van der Waals surface area contributed by atoms with Gasteiger partial charge < -0.3 is 10.2 Å². The van der Waals surface area contributed by atoms with E-state index in [1.165, 1.54) is 11.1 Å². The zero-order valence-electron chi connectivity index (χ0n) is 20.4. The quantitative estimate of drug-likeness (QED) is 0.423. The van der Waals surface area contributed by atoms with Crippen LogP contribution in [0.3, 0.4) is 0 Å². The molecule has 6 heteroatoms. The second kappa shape index (κ2) is 10.6. The van der Waals surface area contributed by atoms with Crippen LogP contribution in [-0.4, -0.2) is 48.5 Å². The molecule has 0 saturated carbocycles.